The van der Waals surface area contributed by atoms with Gasteiger partial charge in [0.1, 0.15) is 5.37 Å². The molecule has 1 unspecified atom stereocenters. The molecule has 0 aromatic heterocycles. The van der Waals surface area contributed by atoms with E-state index >= 15 is 0 Å². The number of carbonyl (C=O) groups excluding carboxylic acids is 1. The molecule has 24 heavy (non-hydrogen) atoms. The Kier molecular flexibility index (Phi) is 5.18. The van der Waals surface area contributed by atoms with Gasteiger partial charge < -0.3 is 10.2 Å². The summed E-state index contributed by atoms with van der Waals surface area (Å²) in [7, 11) is 0. The van der Waals surface area contributed by atoms with Crippen molar-refractivity contribution in [3.63, 3.8) is 0 Å². The highest BCUT2D eigenvalue weighted by atomic mass is 35.5. The summed E-state index contributed by atoms with van der Waals surface area (Å²) in [5, 5.41) is 3.31. The second-order valence-corrected chi connectivity index (χ2v) is 7.17. The molecule has 0 spiro atoms. The molecule has 0 aliphatic carbocycles. The average molecular weight is 389 g/mol. The van der Waals surface area contributed by atoms with Gasteiger partial charge in [-0.25, -0.2) is 13.6 Å². The maximum Gasteiger partial charge on any atom is 0.323 e. The van der Waals surface area contributed by atoms with Gasteiger partial charge in [0, 0.05) is 39.7 Å². The summed E-state index contributed by atoms with van der Waals surface area (Å²) in [6.07, 6.45) is 0. The van der Waals surface area contributed by atoms with Crippen molar-refractivity contribution in [3.05, 3.63) is 63.6 Å². The van der Waals surface area contributed by atoms with Gasteiger partial charge in [-0.1, -0.05) is 29.3 Å². The molecule has 3 rings (SSSR count). The summed E-state index contributed by atoms with van der Waals surface area (Å²) < 4.78 is 26.2. The van der Waals surface area contributed by atoms with E-state index < -0.39 is 17.7 Å². The molecular formula is C16H12Cl2F2N2OS. The second kappa shape index (κ2) is 7.17. The first-order valence-electron chi connectivity index (χ1n) is 7.05. The SMILES string of the molecule is O=C(Nc1ccc(F)c(F)c1)N1CCSC1c1ccc(Cl)cc1Cl. The van der Waals surface area contributed by atoms with Crippen molar-refractivity contribution in [2.45, 2.75) is 5.37 Å². The number of benzene rings is 2. The number of anilines is 1. The number of urea groups is 1. The van der Waals surface area contributed by atoms with Crippen molar-refractivity contribution in [2.24, 2.45) is 0 Å². The Morgan fingerprint density at radius 1 is 1.17 bits per heavy atom. The van der Waals surface area contributed by atoms with Gasteiger partial charge in [0.25, 0.3) is 0 Å². The van der Waals surface area contributed by atoms with E-state index in [1.165, 1.54) is 6.07 Å². The lowest BCUT2D eigenvalue weighted by Gasteiger charge is -2.25. The van der Waals surface area contributed by atoms with E-state index in [-0.39, 0.29) is 11.1 Å². The Morgan fingerprint density at radius 3 is 2.67 bits per heavy atom. The highest BCUT2D eigenvalue weighted by Gasteiger charge is 2.32. The summed E-state index contributed by atoms with van der Waals surface area (Å²) >= 11 is 13.7. The van der Waals surface area contributed by atoms with Gasteiger partial charge in [0.15, 0.2) is 11.6 Å². The highest BCUT2D eigenvalue weighted by Crippen LogP contribution is 2.41. The zero-order valence-electron chi connectivity index (χ0n) is 12.2. The Labute approximate surface area is 151 Å². The fourth-order valence-corrected chi connectivity index (χ4v) is 4.27. The van der Waals surface area contributed by atoms with Crippen LogP contribution in [0.2, 0.25) is 10.0 Å². The number of nitrogens with one attached hydrogen (secondary N) is 1. The van der Waals surface area contributed by atoms with Gasteiger partial charge in [0.2, 0.25) is 0 Å². The van der Waals surface area contributed by atoms with Gasteiger partial charge in [-0.2, -0.15) is 0 Å². The first kappa shape index (κ1) is 17.3. The highest BCUT2D eigenvalue weighted by molar-refractivity contribution is 7.99. The topological polar surface area (TPSA) is 32.3 Å². The number of thioether (sulfide) groups is 1. The van der Waals surface area contributed by atoms with E-state index in [9.17, 15) is 13.6 Å². The molecule has 1 N–H and O–H groups in total. The van der Waals surface area contributed by atoms with Crippen molar-refractivity contribution in [2.75, 3.05) is 17.6 Å². The maximum absolute atomic E-state index is 13.3. The molecule has 0 bridgehead atoms. The van der Waals surface area contributed by atoms with Crippen LogP contribution in [0.15, 0.2) is 36.4 Å². The molecule has 8 heteroatoms. The minimum atomic E-state index is -1.01. The van der Waals surface area contributed by atoms with Crippen LogP contribution in [0.5, 0.6) is 0 Å². The van der Waals surface area contributed by atoms with Crippen molar-refractivity contribution < 1.29 is 13.6 Å². The van der Waals surface area contributed by atoms with Crippen molar-refractivity contribution in [3.8, 4) is 0 Å². The van der Waals surface area contributed by atoms with Gasteiger partial charge in [-0.05, 0) is 24.3 Å². The number of hydrogen-bond donors (Lipinski definition) is 1. The predicted octanol–water partition coefficient (Wildman–Crippen LogP) is 5.55. The van der Waals surface area contributed by atoms with Crippen LogP contribution in [0.1, 0.15) is 10.9 Å². The number of halogens is 4. The van der Waals surface area contributed by atoms with E-state index in [4.69, 9.17) is 23.2 Å². The van der Waals surface area contributed by atoms with Crippen LogP contribution >= 0.6 is 35.0 Å². The van der Waals surface area contributed by atoms with Gasteiger partial charge >= 0.3 is 6.03 Å². The molecule has 1 aliphatic heterocycles. The Morgan fingerprint density at radius 2 is 1.96 bits per heavy atom. The first-order valence-corrected chi connectivity index (χ1v) is 8.85. The molecule has 0 saturated carbocycles. The van der Waals surface area contributed by atoms with Gasteiger partial charge in [-0.3, -0.25) is 0 Å². The lowest BCUT2D eigenvalue weighted by Crippen LogP contribution is -2.34. The average Bonchev–Trinajstić information content (AvgIpc) is 3.00. The third-order valence-electron chi connectivity index (χ3n) is 3.55. The summed E-state index contributed by atoms with van der Waals surface area (Å²) in [5.41, 5.74) is 0.973. The zero-order chi connectivity index (χ0) is 17.3. The van der Waals surface area contributed by atoms with E-state index in [2.05, 4.69) is 5.32 Å². The first-order chi connectivity index (χ1) is 11.5. The van der Waals surface area contributed by atoms with E-state index in [0.29, 0.717) is 16.6 Å². The molecule has 1 atom stereocenters. The standard InChI is InChI=1S/C16H12Cl2F2N2OS/c17-9-1-3-11(12(18)7-9)15-22(5-6-24-15)16(23)21-10-2-4-13(19)14(20)8-10/h1-4,7-8,15H,5-6H2,(H,21,23). The largest absolute Gasteiger partial charge is 0.323 e. The third-order valence-corrected chi connectivity index (χ3v) is 5.36. The fourth-order valence-electron chi connectivity index (χ4n) is 2.41. The maximum atomic E-state index is 13.3. The van der Waals surface area contributed by atoms with Gasteiger partial charge in [0.05, 0.1) is 0 Å². The number of nitrogens with zero attached hydrogens (tertiary/aromatic N) is 1. The van der Waals surface area contributed by atoms with Crippen molar-refractivity contribution >= 4 is 46.7 Å². The molecule has 1 aliphatic rings. The molecule has 1 fully saturated rings. The number of rotatable bonds is 2. The number of amides is 2. The minimum Gasteiger partial charge on any atom is -0.308 e. The van der Waals surface area contributed by atoms with Crippen molar-refractivity contribution in [1.82, 2.24) is 4.90 Å². The smallest absolute Gasteiger partial charge is 0.308 e. The fraction of sp³-hybridized carbons (Fsp3) is 0.188. The van der Waals surface area contributed by atoms with E-state index in [1.807, 2.05) is 0 Å². The normalized spacial score (nSPS) is 17.2. The predicted molar refractivity (Wildman–Crippen MR) is 93.7 cm³/mol. The van der Waals surface area contributed by atoms with Crippen LogP contribution in [0.25, 0.3) is 0 Å². The number of carbonyl (C=O) groups is 1. The minimum absolute atomic E-state index is 0.191. The monoisotopic (exact) mass is 388 g/mol. The molecule has 2 aromatic carbocycles. The third kappa shape index (κ3) is 3.61. The zero-order valence-corrected chi connectivity index (χ0v) is 14.6. The summed E-state index contributed by atoms with van der Waals surface area (Å²) in [6.45, 7) is 0.518. The lowest BCUT2D eigenvalue weighted by molar-refractivity contribution is 0.214. The van der Waals surface area contributed by atoms with Gasteiger partial charge in [-0.15, -0.1) is 11.8 Å². The molecule has 2 amide bonds. The van der Waals surface area contributed by atoms with Crippen LogP contribution in [-0.2, 0) is 0 Å². The van der Waals surface area contributed by atoms with Crippen LogP contribution in [0.3, 0.4) is 0 Å². The quantitative estimate of drug-likeness (QED) is 0.730. The summed E-state index contributed by atoms with van der Waals surface area (Å²) in [4.78, 5) is 14.1. The lowest BCUT2D eigenvalue weighted by atomic mass is 10.2. The molecule has 126 valence electrons. The van der Waals surface area contributed by atoms with Crippen LogP contribution in [-0.4, -0.2) is 23.2 Å². The second-order valence-electron chi connectivity index (χ2n) is 5.14. The Bertz CT molecular complexity index is 791. The Balaban J connectivity index is 1.79. The molecular weight excluding hydrogens is 377 g/mol. The summed E-state index contributed by atoms with van der Waals surface area (Å²) in [6, 6.07) is 7.95. The van der Waals surface area contributed by atoms with E-state index in [0.717, 1.165) is 23.4 Å². The van der Waals surface area contributed by atoms with Crippen LogP contribution in [0.4, 0.5) is 19.3 Å². The van der Waals surface area contributed by atoms with Crippen LogP contribution in [0, 0.1) is 11.6 Å². The molecule has 1 saturated heterocycles. The molecule has 0 radical (unpaired) electrons. The summed E-state index contributed by atoms with van der Waals surface area (Å²) in [5.74, 6) is -1.23. The molecule has 2 aromatic rings. The van der Waals surface area contributed by atoms with Crippen LogP contribution < -0.4 is 5.32 Å². The van der Waals surface area contributed by atoms with Crippen molar-refractivity contribution in [1.29, 1.82) is 0 Å². The Hall–Kier alpha value is -1.50. The number of hydrogen-bond acceptors (Lipinski definition) is 2. The van der Waals surface area contributed by atoms with E-state index in [1.54, 1.807) is 34.9 Å². The molecule has 1 heterocycles. The molecule has 3 nitrogen and oxygen atoms in total.